The van der Waals surface area contributed by atoms with Gasteiger partial charge >= 0.3 is 0 Å². The number of hydrogen-bond acceptors (Lipinski definition) is 2. The number of fused-ring (bicyclic) bond motifs is 1. The van der Waals surface area contributed by atoms with Gasteiger partial charge in [-0.2, -0.15) is 0 Å². The summed E-state index contributed by atoms with van der Waals surface area (Å²) < 4.78 is 28.6. The Bertz CT molecular complexity index is 783. The van der Waals surface area contributed by atoms with Gasteiger partial charge in [0.25, 0.3) is 0 Å². The number of aromatic nitrogens is 3. The minimum Gasteiger partial charge on any atom is -0.276 e. The highest BCUT2D eigenvalue weighted by atomic mass is 35.5. The largest absolute Gasteiger partial charge is 0.276 e. The summed E-state index contributed by atoms with van der Waals surface area (Å²) in [6, 6.07) is 6.87. The second kappa shape index (κ2) is 4.83. The molecule has 0 saturated heterocycles. The van der Waals surface area contributed by atoms with E-state index in [0.717, 1.165) is 6.07 Å². The summed E-state index contributed by atoms with van der Waals surface area (Å²) in [6.45, 7) is 1.74. The van der Waals surface area contributed by atoms with Gasteiger partial charge in [0.05, 0.1) is 11.1 Å². The zero-order chi connectivity index (χ0) is 14.3. The molecule has 0 bridgehead atoms. The fourth-order valence-corrected chi connectivity index (χ4v) is 2.24. The highest BCUT2D eigenvalue weighted by Gasteiger charge is 2.19. The number of pyridine rings is 1. The average molecular weight is 294 g/mol. The number of rotatable bonds is 2. The molecule has 1 aromatic carbocycles. The average Bonchev–Trinajstić information content (AvgIpc) is 2.78. The van der Waals surface area contributed by atoms with Crippen molar-refractivity contribution in [3.63, 3.8) is 0 Å². The van der Waals surface area contributed by atoms with Crippen LogP contribution in [0.1, 0.15) is 18.1 Å². The molecule has 1 atom stereocenters. The third kappa shape index (κ3) is 2.04. The number of alkyl halides is 1. The lowest BCUT2D eigenvalue weighted by molar-refractivity contribution is 0.577. The second-order valence-corrected chi connectivity index (χ2v) is 5.02. The van der Waals surface area contributed by atoms with E-state index in [-0.39, 0.29) is 5.69 Å². The smallest absolute Gasteiger partial charge is 0.164 e. The zero-order valence-electron chi connectivity index (χ0n) is 10.5. The molecule has 0 fully saturated rings. The van der Waals surface area contributed by atoms with E-state index < -0.39 is 17.0 Å². The third-order valence-electron chi connectivity index (χ3n) is 2.95. The first-order valence-electron chi connectivity index (χ1n) is 6.01. The number of benzene rings is 1. The lowest BCUT2D eigenvalue weighted by Crippen LogP contribution is -2.05. The van der Waals surface area contributed by atoms with Crippen LogP contribution >= 0.6 is 11.6 Å². The molecule has 20 heavy (non-hydrogen) atoms. The molecule has 0 radical (unpaired) electrons. The Balaban J connectivity index is 2.36. The Hall–Kier alpha value is -2.01. The van der Waals surface area contributed by atoms with E-state index in [1.807, 2.05) is 0 Å². The van der Waals surface area contributed by atoms with Crippen molar-refractivity contribution in [1.82, 2.24) is 14.5 Å². The maximum absolute atomic E-state index is 14.0. The molecule has 0 N–H and O–H groups in total. The molecule has 3 rings (SSSR count). The van der Waals surface area contributed by atoms with Crippen molar-refractivity contribution < 1.29 is 8.78 Å². The number of hydrogen-bond donors (Lipinski definition) is 0. The van der Waals surface area contributed by atoms with Crippen molar-refractivity contribution in [2.45, 2.75) is 12.3 Å². The Labute approximate surface area is 118 Å². The van der Waals surface area contributed by atoms with E-state index in [4.69, 9.17) is 11.6 Å². The molecule has 1 unspecified atom stereocenters. The van der Waals surface area contributed by atoms with Gasteiger partial charge in [0, 0.05) is 12.3 Å². The predicted molar refractivity (Wildman–Crippen MR) is 73.0 cm³/mol. The maximum Gasteiger partial charge on any atom is 0.164 e. The van der Waals surface area contributed by atoms with Gasteiger partial charge in [0.1, 0.15) is 23.0 Å². The van der Waals surface area contributed by atoms with Crippen LogP contribution in [-0.4, -0.2) is 14.5 Å². The molecule has 2 aromatic heterocycles. The topological polar surface area (TPSA) is 30.7 Å². The van der Waals surface area contributed by atoms with Gasteiger partial charge in [-0.25, -0.2) is 18.7 Å². The van der Waals surface area contributed by atoms with Gasteiger partial charge in [-0.1, -0.05) is 0 Å². The van der Waals surface area contributed by atoms with Crippen molar-refractivity contribution in [2.75, 3.05) is 0 Å². The summed E-state index contributed by atoms with van der Waals surface area (Å²) in [5.74, 6) is -0.858. The lowest BCUT2D eigenvalue weighted by atomic mass is 10.2. The van der Waals surface area contributed by atoms with Crippen LogP contribution in [-0.2, 0) is 0 Å². The Morgan fingerprint density at radius 3 is 2.75 bits per heavy atom. The van der Waals surface area contributed by atoms with Crippen LogP contribution in [0.5, 0.6) is 0 Å². The summed E-state index contributed by atoms with van der Waals surface area (Å²) >= 11 is 6.11. The van der Waals surface area contributed by atoms with Crippen LogP contribution in [0.25, 0.3) is 16.9 Å². The van der Waals surface area contributed by atoms with Crippen molar-refractivity contribution in [3.8, 4) is 5.69 Å². The Kier molecular flexibility index (Phi) is 3.14. The second-order valence-electron chi connectivity index (χ2n) is 4.36. The number of nitrogens with zero attached hydrogens (tertiary/aromatic N) is 3. The monoisotopic (exact) mass is 293 g/mol. The molecule has 0 aliphatic heterocycles. The van der Waals surface area contributed by atoms with Gasteiger partial charge in [0.2, 0.25) is 0 Å². The first-order chi connectivity index (χ1) is 9.58. The number of halogens is 3. The van der Waals surface area contributed by atoms with Gasteiger partial charge < -0.3 is 0 Å². The summed E-state index contributed by atoms with van der Waals surface area (Å²) in [4.78, 5) is 8.57. The maximum atomic E-state index is 14.0. The Morgan fingerprint density at radius 1 is 1.25 bits per heavy atom. The van der Waals surface area contributed by atoms with E-state index in [9.17, 15) is 8.78 Å². The molecule has 0 saturated carbocycles. The van der Waals surface area contributed by atoms with Gasteiger partial charge in [0.15, 0.2) is 5.65 Å². The quantitative estimate of drug-likeness (QED) is 0.669. The van der Waals surface area contributed by atoms with E-state index in [1.54, 1.807) is 25.3 Å². The standard InChI is InChI=1S/C14H10ClF2N3/c1-8(15)13-19-11-3-2-6-18-14(11)20(13)12-5-4-9(16)7-10(12)17/h2-8H,1H3. The predicted octanol–water partition coefficient (Wildman–Crippen LogP) is 4.00. The minimum atomic E-state index is -0.687. The minimum absolute atomic E-state index is 0.176. The molecule has 2 heterocycles. The van der Waals surface area contributed by atoms with Crippen molar-refractivity contribution in [1.29, 1.82) is 0 Å². The van der Waals surface area contributed by atoms with E-state index in [0.29, 0.717) is 17.0 Å². The summed E-state index contributed by atoms with van der Waals surface area (Å²) in [5, 5.41) is -0.436. The van der Waals surface area contributed by atoms with Crippen LogP contribution in [0, 0.1) is 11.6 Å². The van der Waals surface area contributed by atoms with Gasteiger partial charge in [-0.3, -0.25) is 4.57 Å². The molecule has 0 amide bonds. The fourth-order valence-electron chi connectivity index (χ4n) is 2.10. The molecule has 6 heteroatoms. The normalized spacial score (nSPS) is 12.8. The molecule has 0 aliphatic rings. The van der Waals surface area contributed by atoms with E-state index >= 15 is 0 Å². The first kappa shape index (κ1) is 13.0. The van der Waals surface area contributed by atoms with Crippen molar-refractivity contribution in [2.24, 2.45) is 0 Å². The van der Waals surface area contributed by atoms with Gasteiger partial charge in [-0.05, 0) is 31.2 Å². The molecular formula is C14H10ClF2N3. The van der Waals surface area contributed by atoms with E-state index in [2.05, 4.69) is 9.97 Å². The molecule has 0 spiro atoms. The first-order valence-corrected chi connectivity index (χ1v) is 6.44. The fraction of sp³-hybridized carbons (Fsp3) is 0.143. The van der Waals surface area contributed by atoms with Crippen LogP contribution in [0.4, 0.5) is 8.78 Å². The van der Waals surface area contributed by atoms with Crippen LogP contribution in [0.2, 0.25) is 0 Å². The Morgan fingerprint density at radius 2 is 2.05 bits per heavy atom. The molecule has 0 aliphatic carbocycles. The van der Waals surface area contributed by atoms with Crippen LogP contribution in [0.3, 0.4) is 0 Å². The van der Waals surface area contributed by atoms with E-state index in [1.165, 1.54) is 16.7 Å². The van der Waals surface area contributed by atoms with Crippen molar-refractivity contribution >= 4 is 22.8 Å². The van der Waals surface area contributed by atoms with Gasteiger partial charge in [-0.15, -0.1) is 11.6 Å². The number of imidazole rings is 1. The molecule has 3 nitrogen and oxygen atoms in total. The SMILES string of the molecule is CC(Cl)c1nc2cccnc2n1-c1ccc(F)cc1F. The third-order valence-corrected chi connectivity index (χ3v) is 3.14. The summed E-state index contributed by atoms with van der Waals surface area (Å²) in [5.41, 5.74) is 1.27. The highest BCUT2D eigenvalue weighted by Crippen LogP contribution is 2.28. The summed E-state index contributed by atoms with van der Waals surface area (Å²) in [6.07, 6.45) is 1.59. The zero-order valence-corrected chi connectivity index (χ0v) is 11.3. The highest BCUT2D eigenvalue weighted by molar-refractivity contribution is 6.20. The summed E-state index contributed by atoms with van der Waals surface area (Å²) in [7, 11) is 0. The van der Waals surface area contributed by atoms with Crippen molar-refractivity contribution in [3.05, 3.63) is 54.0 Å². The molecule has 102 valence electrons. The van der Waals surface area contributed by atoms with Crippen LogP contribution < -0.4 is 0 Å². The molecular weight excluding hydrogens is 284 g/mol. The lowest BCUT2D eigenvalue weighted by Gasteiger charge is -2.10. The molecule has 3 aromatic rings. The van der Waals surface area contributed by atoms with Crippen LogP contribution in [0.15, 0.2) is 36.5 Å².